The van der Waals surface area contributed by atoms with Crippen molar-refractivity contribution < 1.29 is 9.59 Å². The SMILES string of the molecule is C[C@@]1(C(=O)NNC(=O)[C@]2(C)CC2(Br)Br)C[C@@H]1Br. The summed E-state index contributed by atoms with van der Waals surface area (Å²) < 4.78 is -0.344. The van der Waals surface area contributed by atoms with Crippen molar-refractivity contribution >= 4 is 59.6 Å². The maximum Gasteiger partial charge on any atom is 0.246 e. The Balaban J connectivity index is 1.84. The van der Waals surface area contributed by atoms with Crippen LogP contribution in [0.4, 0.5) is 0 Å². The summed E-state index contributed by atoms with van der Waals surface area (Å²) in [7, 11) is 0. The van der Waals surface area contributed by atoms with Crippen molar-refractivity contribution in [2.45, 2.75) is 34.7 Å². The molecule has 0 radical (unpaired) electrons. The summed E-state index contributed by atoms with van der Waals surface area (Å²) in [4.78, 5) is 23.9. The van der Waals surface area contributed by atoms with Crippen molar-refractivity contribution in [2.24, 2.45) is 10.8 Å². The van der Waals surface area contributed by atoms with Gasteiger partial charge in [0, 0.05) is 4.83 Å². The van der Waals surface area contributed by atoms with Gasteiger partial charge >= 0.3 is 0 Å². The first-order valence-corrected chi connectivity index (χ1v) is 7.76. The summed E-state index contributed by atoms with van der Waals surface area (Å²) in [6.07, 6.45) is 1.49. The second-order valence-electron chi connectivity index (χ2n) is 5.21. The van der Waals surface area contributed by atoms with Crippen molar-refractivity contribution in [3.63, 3.8) is 0 Å². The van der Waals surface area contributed by atoms with Crippen molar-refractivity contribution in [1.82, 2.24) is 10.9 Å². The van der Waals surface area contributed by atoms with Crippen LogP contribution in [0, 0.1) is 10.8 Å². The first-order chi connectivity index (χ1) is 7.63. The summed E-state index contributed by atoms with van der Waals surface area (Å²) in [5.41, 5.74) is 4.07. The zero-order valence-corrected chi connectivity index (χ0v) is 14.2. The van der Waals surface area contributed by atoms with E-state index in [4.69, 9.17) is 0 Å². The molecule has 96 valence electrons. The van der Waals surface area contributed by atoms with Crippen molar-refractivity contribution in [2.75, 3.05) is 0 Å². The summed E-state index contributed by atoms with van der Waals surface area (Å²) in [5, 5.41) is 0. The molecule has 2 saturated carbocycles. The van der Waals surface area contributed by atoms with Crippen molar-refractivity contribution in [3.8, 4) is 0 Å². The number of halogens is 3. The minimum Gasteiger partial charge on any atom is -0.273 e. The monoisotopic (exact) mass is 430 g/mol. The predicted octanol–water partition coefficient (Wildman–Crippen LogP) is 2.20. The van der Waals surface area contributed by atoms with E-state index >= 15 is 0 Å². The Kier molecular flexibility index (Phi) is 3.19. The molecule has 17 heavy (non-hydrogen) atoms. The highest BCUT2D eigenvalue weighted by Gasteiger charge is 2.67. The molecule has 2 amide bonds. The van der Waals surface area contributed by atoms with Crippen LogP contribution in [-0.2, 0) is 9.59 Å². The van der Waals surface area contributed by atoms with Gasteiger partial charge in [0.05, 0.1) is 14.1 Å². The standard InChI is InChI=1S/C10H13Br3N2O2/c1-8(3-5(8)11)6(16)14-15-7(17)9(2)4-10(9,12)13/h5H,3-4H2,1-2H3,(H,14,16)(H,15,17)/t5-,8+,9-/m0/s1. The molecule has 0 aromatic heterocycles. The number of hydrogen-bond donors (Lipinski definition) is 2. The molecule has 0 aromatic rings. The molecule has 2 rings (SSSR count). The average molecular weight is 433 g/mol. The lowest BCUT2D eigenvalue weighted by Gasteiger charge is -2.15. The molecule has 0 heterocycles. The van der Waals surface area contributed by atoms with E-state index in [1.54, 1.807) is 0 Å². The normalized spacial score (nSPS) is 41.6. The number of hydrogen-bond acceptors (Lipinski definition) is 2. The molecule has 2 aliphatic carbocycles. The van der Waals surface area contributed by atoms with Gasteiger partial charge in [-0.15, -0.1) is 0 Å². The smallest absolute Gasteiger partial charge is 0.246 e. The van der Waals surface area contributed by atoms with E-state index in [1.807, 2.05) is 13.8 Å². The van der Waals surface area contributed by atoms with Crippen LogP contribution in [0.2, 0.25) is 0 Å². The van der Waals surface area contributed by atoms with Gasteiger partial charge in [-0.05, 0) is 26.7 Å². The fraction of sp³-hybridized carbons (Fsp3) is 0.800. The van der Waals surface area contributed by atoms with Gasteiger partial charge in [-0.25, -0.2) is 0 Å². The maximum absolute atomic E-state index is 11.9. The maximum atomic E-state index is 11.9. The zero-order valence-electron chi connectivity index (χ0n) is 9.44. The van der Waals surface area contributed by atoms with Crippen LogP contribution in [0.1, 0.15) is 26.7 Å². The Hall–Kier alpha value is 0.380. The first-order valence-electron chi connectivity index (χ1n) is 5.26. The summed E-state index contributed by atoms with van der Waals surface area (Å²) in [6, 6.07) is 0. The Morgan fingerprint density at radius 2 is 1.59 bits per heavy atom. The predicted molar refractivity (Wildman–Crippen MR) is 75.0 cm³/mol. The molecule has 2 fully saturated rings. The fourth-order valence-electron chi connectivity index (χ4n) is 1.59. The van der Waals surface area contributed by atoms with Gasteiger partial charge in [0.2, 0.25) is 11.8 Å². The molecule has 2 aliphatic rings. The Morgan fingerprint density at radius 1 is 1.18 bits per heavy atom. The lowest BCUT2D eigenvalue weighted by molar-refractivity contribution is -0.133. The number of rotatable bonds is 2. The molecule has 0 aromatic carbocycles. The number of carbonyl (C=O) groups is 2. The van der Waals surface area contributed by atoms with Crippen LogP contribution in [0.5, 0.6) is 0 Å². The van der Waals surface area contributed by atoms with Crippen LogP contribution in [0.15, 0.2) is 0 Å². The van der Waals surface area contributed by atoms with Crippen LogP contribution >= 0.6 is 47.8 Å². The molecule has 0 unspecified atom stereocenters. The average Bonchev–Trinajstić information content (AvgIpc) is 2.99. The van der Waals surface area contributed by atoms with E-state index in [-0.39, 0.29) is 19.9 Å². The van der Waals surface area contributed by atoms with Crippen LogP contribution < -0.4 is 10.9 Å². The minimum atomic E-state index is -0.515. The highest BCUT2D eigenvalue weighted by molar-refractivity contribution is 9.25. The van der Waals surface area contributed by atoms with Gasteiger partial charge in [-0.1, -0.05) is 47.8 Å². The van der Waals surface area contributed by atoms with Gasteiger partial charge in [-0.2, -0.15) is 0 Å². The van der Waals surface area contributed by atoms with Crippen LogP contribution in [0.3, 0.4) is 0 Å². The third-order valence-electron chi connectivity index (χ3n) is 3.70. The third kappa shape index (κ3) is 2.18. The first kappa shape index (κ1) is 13.8. The number of nitrogens with one attached hydrogen (secondary N) is 2. The fourth-order valence-corrected chi connectivity index (χ4v) is 3.95. The number of hydrazine groups is 1. The highest BCUT2D eigenvalue weighted by atomic mass is 79.9. The van der Waals surface area contributed by atoms with E-state index in [0.717, 1.165) is 6.42 Å². The van der Waals surface area contributed by atoms with E-state index in [9.17, 15) is 9.59 Å². The molecule has 2 N–H and O–H groups in total. The van der Waals surface area contributed by atoms with Gasteiger partial charge in [0.25, 0.3) is 0 Å². The van der Waals surface area contributed by atoms with E-state index in [2.05, 4.69) is 58.6 Å². The summed E-state index contributed by atoms with van der Waals surface area (Å²) in [6.45, 7) is 3.70. The molecule has 3 atom stereocenters. The Labute approximate surface area is 125 Å². The number of alkyl halides is 3. The molecule has 0 aliphatic heterocycles. The van der Waals surface area contributed by atoms with E-state index < -0.39 is 10.8 Å². The topological polar surface area (TPSA) is 58.2 Å². The van der Waals surface area contributed by atoms with Gasteiger partial charge in [0.1, 0.15) is 0 Å². The van der Waals surface area contributed by atoms with Gasteiger partial charge < -0.3 is 0 Å². The summed E-state index contributed by atoms with van der Waals surface area (Å²) in [5.74, 6) is -0.332. The molecule has 4 nitrogen and oxygen atoms in total. The number of amides is 2. The van der Waals surface area contributed by atoms with Crippen molar-refractivity contribution in [3.05, 3.63) is 0 Å². The molecule has 0 saturated heterocycles. The van der Waals surface area contributed by atoms with E-state index in [0.29, 0.717) is 6.42 Å². The summed E-state index contributed by atoms with van der Waals surface area (Å²) >= 11 is 10.2. The molecule has 0 bridgehead atoms. The second-order valence-corrected chi connectivity index (χ2v) is 10.1. The quantitative estimate of drug-likeness (QED) is 0.519. The largest absolute Gasteiger partial charge is 0.273 e. The highest BCUT2D eigenvalue weighted by Crippen LogP contribution is 2.66. The van der Waals surface area contributed by atoms with Crippen LogP contribution in [0.25, 0.3) is 0 Å². The molecular weight excluding hydrogens is 420 g/mol. The second kappa shape index (κ2) is 3.93. The molecule has 7 heteroatoms. The van der Waals surface area contributed by atoms with Gasteiger partial charge in [0.15, 0.2) is 0 Å². The van der Waals surface area contributed by atoms with Gasteiger partial charge in [-0.3, -0.25) is 20.4 Å². The lowest BCUT2D eigenvalue weighted by atomic mass is 10.1. The lowest BCUT2D eigenvalue weighted by Crippen LogP contribution is -2.48. The Morgan fingerprint density at radius 3 is 1.94 bits per heavy atom. The molecular formula is C10H13Br3N2O2. The Bertz CT molecular complexity index is 401. The number of carbonyl (C=O) groups excluding carboxylic acids is 2. The third-order valence-corrected chi connectivity index (χ3v) is 7.35. The van der Waals surface area contributed by atoms with E-state index in [1.165, 1.54) is 0 Å². The minimum absolute atomic E-state index is 0.147. The zero-order chi connectivity index (χ0) is 13.1. The van der Waals surface area contributed by atoms with Crippen molar-refractivity contribution in [1.29, 1.82) is 0 Å². The molecule has 0 spiro atoms. The van der Waals surface area contributed by atoms with Crippen LogP contribution in [-0.4, -0.2) is 19.9 Å².